The maximum atomic E-state index is 12.1. The van der Waals surface area contributed by atoms with Gasteiger partial charge in [-0.15, -0.1) is 0 Å². The third-order valence-corrected chi connectivity index (χ3v) is 6.70. The Hall–Kier alpha value is -3.67. The molecule has 1 amide bonds. The minimum atomic E-state index is -0.0878. The molecular formula is C31H32N2O3. The van der Waals surface area contributed by atoms with Crippen molar-refractivity contribution in [1.82, 2.24) is 10.6 Å². The molecule has 0 aliphatic carbocycles. The summed E-state index contributed by atoms with van der Waals surface area (Å²) in [6, 6.07) is 32.5. The third-order valence-electron chi connectivity index (χ3n) is 6.70. The van der Waals surface area contributed by atoms with E-state index in [9.17, 15) is 4.79 Å². The second-order valence-corrected chi connectivity index (χ2v) is 9.17. The lowest BCUT2D eigenvalue weighted by atomic mass is 9.87. The number of carbonyl (C=O) groups excluding carboxylic acids is 1. The first-order valence-corrected chi connectivity index (χ1v) is 12.6. The molecule has 1 aliphatic rings. The average Bonchev–Trinajstić information content (AvgIpc) is 2.95. The van der Waals surface area contributed by atoms with Crippen LogP contribution in [0.2, 0.25) is 0 Å². The number of ether oxygens (including phenoxy) is 2. The van der Waals surface area contributed by atoms with Crippen molar-refractivity contribution in [2.75, 3.05) is 26.2 Å². The molecule has 184 valence electrons. The number of hydrogen-bond acceptors (Lipinski definition) is 4. The predicted octanol–water partition coefficient (Wildman–Crippen LogP) is 5.31. The summed E-state index contributed by atoms with van der Waals surface area (Å²) < 4.78 is 12.3. The molecule has 1 fully saturated rings. The van der Waals surface area contributed by atoms with E-state index >= 15 is 0 Å². The zero-order valence-electron chi connectivity index (χ0n) is 20.4. The molecule has 0 unspecified atom stereocenters. The van der Waals surface area contributed by atoms with Crippen LogP contribution in [0.5, 0.6) is 5.75 Å². The van der Waals surface area contributed by atoms with Crippen LogP contribution in [0.3, 0.4) is 0 Å². The molecule has 0 saturated carbocycles. The molecule has 0 bridgehead atoms. The molecule has 4 aromatic carbocycles. The first-order chi connectivity index (χ1) is 17.8. The molecule has 1 saturated heterocycles. The van der Waals surface area contributed by atoms with Gasteiger partial charge in [-0.2, -0.15) is 0 Å². The van der Waals surface area contributed by atoms with Crippen molar-refractivity contribution in [3.05, 3.63) is 114 Å². The van der Waals surface area contributed by atoms with Gasteiger partial charge in [0.2, 0.25) is 0 Å². The van der Waals surface area contributed by atoms with Gasteiger partial charge in [0.25, 0.3) is 5.91 Å². The summed E-state index contributed by atoms with van der Waals surface area (Å²) in [6.07, 6.45) is 1.15. The van der Waals surface area contributed by atoms with E-state index in [1.807, 2.05) is 30.3 Å². The van der Waals surface area contributed by atoms with E-state index in [4.69, 9.17) is 9.47 Å². The van der Waals surface area contributed by atoms with Gasteiger partial charge in [0.15, 0.2) is 0 Å². The van der Waals surface area contributed by atoms with E-state index < -0.39 is 0 Å². The fraction of sp³-hybridized carbons (Fsp3) is 0.258. The van der Waals surface area contributed by atoms with Gasteiger partial charge in [0, 0.05) is 18.0 Å². The summed E-state index contributed by atoms with van der Waals surface area (Å²) >= 11 is 0. The quantitative estimate of drug-likeness (QED) is 0.319. The lowest BCUT2D eigenvalue weighted by molar-refractivity contribution is 0.0106. The van der Waals surface area contributed by atoms with Crippen molar-refractivity contribution in [2.45, 2.75) is 25.0 Å². The van der Waals surface area contributed by atoms with Gasteiger partial charge in [-0.05, 0) is 65.2 Å². The summed E-state index contributed by atoms with van der Waals surface area (Å²) in [4.78, 5) is 12.1. The molecule has 0 spiro atoms. The van der Waals surface area contributed by atoms with Crippen LogP contribution in [0, 0.1) is 0 Å². The first-order valence-electron chi connectivity index (χ1n) is 12.6. The number of hydrogen-bond donors (Lipinski definition) is 2. The molecule has 2 atom stereocenters. The van der Waals surface area contributed by atoms with Crippen LogP contribution >= 0.6 is 0 Å². The van der Waals surface area contributed by atoms with Gasteiger partial charge in [-0.25, -0.2) is 0 Å². The summed E-state index contributed by atoms with van der Waals surface area (Å²) in [7, 11) is 0. The molecule has 1 aliphatic heterocycles. The van der Waals surface area contributed by atoms with Gasteiger partial charge in [-0.1, -0.05) is 66.7 Å². The number of piperidine rings is 1. The highest BCUT2D eigenvalue weighted by Gasteiger charge is 2.27. The largest absolute Gasteiger partial charge is 0.492 e. The van der Waals surface area contributed by atoms with E-state index in [1.165, 1.54) is 21.9 Å². The normalized spacial score (nSPS) is 17.6. The van der Waals surface area contributed by atoms with Gasteiger partial charge in [0.05, 0.1) is 19.3 Å². The number of rotatable bonds is 9. The third kappa shape index (κ3) is 6.11. The van der Waals surface area contributed by atoms with E-state index in [1.54, 1.807) is 12.1 Å². The molecule has 0 radical (unpaired) electrons. The predicted molar refractivity (Wildman–Crippen MR) is 143 cm³/mol. The number of fused-ring (bicyclic) bond motifs is 1. The zero-order valence-corrected chi connectivity index (χ0v) is 20.4. The molecular weight excluding hydrogens is 448 g/mol. The van der Waals surface area contributed by atoms with Gasteiger partial charge < -0.3 is 20.1 Å². The Morgan fingerprint density at radius 3 is 2.50 bits per heavy atom. The summed E-state index contributed by atoms with van der Waals surface area (Å²) in [5.41, 5.74) is 3.12. The average molecular weight is 481 g/mol. The Morgan fingerprint density at radius 2 is 1.67 bits per heavy atom. The summed E-state index contributed by atoms with van der Waals surface area (Å²) in [5, 5.41) is 8.86. The first kappa shape index (κ1) is 24.0. The molecule has 4 aromatic rings. The van der Waals surface area contributed by atoms with E-state index in [2.05, 4.69) is 65.2 Å². The smallest absolute Gasteiger partial charge is 0.251 e. The Kier molecular flexibility index (Phi) is 7.91. The Morgan fingerprint density at radius 1 is 0.889 bits per heavy atom. The van der Waals surface area contributed by atoms with Crippen LogP contribution in [0.15, 0.2) is 97.1 Å². The molecule has 0 aromatic heterocycles. The second-order valence-electron chi connectivity index (χ2n) is 9.17. The minimum absolute atomic E-state index is 0.0878. The second kappa shape index (κ2) is 11.8. The monoisotopic (exact) mass is 480 g/mol. The fourth-order valence-corrected chi connectivity index (χ4v) is 4.75. The molecule has 5 heteroatoms. The summed E-state index contributed by atoms with van der Waals surface area (Å²) in [5.74, 6) is 1.05. The van der Waals surface area contributed by atoms with Crippen LogP contribution < -0.4 is 15.4 Å². The topological polar surface area (TPSA) is 59.6 Å². The van der Waals surface area contributed by atoms with Crippen molar-refractivity contribution >= 4 is 16.7 Å². The number of benzene rings is 4. The minimum Gasteiger partial charge on any atom is -0.492 e. The van der Waals surface area contributed by atoms with Gasteiger partial charge in [0.1, 0.15) is 12.4 Å². The van der Waals surface area contributed by atoms with Crippen LogP contribution in [-0.2, 0) is 11.3 Å². The Labute approximate surface area is 212 Å². The lowest BCUT2D eigenvalue weighted by Gasteiger charge is -2.32. The highest BCUT2D eigenvalue weighted by molar-refractivity contribution is 5.94. The molecule has 2 N–H and O–H groups in total. The van der Waals surface area contributed by atoms with E-state index in [-0.39, 0.29) is 12.0 Å². The van der Waals surface area contributed by atoms with Crippen molar-refractivity contribution in [3.8, 4) is 5.75 Å². The number of amides is 1. The number of nitrogens with one attached hydrogen (secondary N) is 2. The summed E-state index contributed by atoms with van der Waals surface area (Å²) in [6.45, 7) is 3.30. The fourth-order valence-electron chi connectivity index (χ4n) is 4.75. The molecule has 5 nitrogen and oxygen atoms in total. The van der Waals surface area contributed by atoms with Crippen molar-refractivity contribution in [3.63, 3.8) is 0 Å². The van der Waals surface area contributed by atoms with E-state index in [0.717, 1.165) is 25.3 Å². The maximum absolute atomic E-state index is 12.1. The van der Waals surface area contributed by atoms with Crippen LogP contribution in [0.1, 0.15) is 33.8 Å². The Bertz CT molecular complexity index is 1270. The highest BCUT2D eigenvalue weighted by atomic mass is 16.5. The van der Waals surface area contributed by atoms with Crippen molar-refractivity contribution in [2.24, 2.45) is 0 Å². The number of carbonyl (C=O) groups is 1. The Balaban J connectivity index is 1.13. The van der Waals surface area contributed by atoms with Gasteiger partial charge >= 0.3 is 0 Å². The van der Waals surface area contributed by atoms with Crippen molar-refractivity contribution in [1.29, 1.82) is 0 Å². The van der Waals surface area contributed by atoms with Crippen LogP contribution in [0.25, 0.3) is 10.8 Å². The van der Waals surface area contributed by atoms with Gasteiger partial charge in [-0.3, -0.25) is 4.79 Å². The van der Waals surface area contributed by atoms with Crippen LogP contribution in [0.4, 0.5) is 0 Å². The standard InChI is InChI=1S/C31H32N2O3/c34-31(26-7-2-1-3-8-26)33-18-19-35-28-14-12-25(13-15-28)29-16-17-32-21-30(29)36-22-23-10-11-24-6-4-5-9-27(24)20-23/h1-15,20,29-30,32H,16-19,21-22H2,(H,33,34)/t29-,30+/m0/s1. The van der Waals surface area contributed by atoms with E-state index in [0.29, 0.717) is 31.2 Å². The lowest BCUT2D eigenvalue weighted by Crippen LogP contribution is -2.40. The highest BCUT2D eigenvalue weighted by Crippen LogP contribution is 2.30. The van der Waals surface area contributed by atoms with Crippen LogP contribution in [-0.4, -0.2) is 38.3 Å². The maximum Gasteiger partial charge on any atom is 0.251 e. The molecule has 36 heavy (non-hydrogen) atoms. The molecule has 1 heterocycles. The molecule has 5 rings (SSSR count). The zero-order chi connectivity index (χ0) is 24.6. The van der Waals surface area contributed by atoms with Crippen molar-refractivity contribution < 1.29 is 14.3 Å². The SMILES string of the molecule is O=C(NCCOc1ccc([C@@H]2CCNC[C@H]2OCc2ccc3ccccc3c2)cc1)c1ccccc1.